The van der Waals surface area contributed by atoms with Gasteiger partial charge in [-0.3, -0.25) is 9.78 Å². The molecule has 0 amide bonds. The molecule has 2 aromatic heterocycles. The highest BCUT2D eigenvalue weighted by atomic mass is 79.9. The summed E-state index contributed by atoms with van der Waals surface area (Å²) in [5.41, 5.74) is 8.55. The van der Waals surface area contributed by atoms with Gasteiger partial charge in [-0.25, -0.2) is 0 Å². The van der Waals surface area contributed by atoms with Gasteiger partial charge in [-0.1, -0.05) is 0 Å². The average molecular weight is 338 g/mol. The monoisotopic (exact) mass is 337 g/mol. The topological polar surface area (TPSA) is 70.1 Å². The van der Waals surface area contributed by atoms with Gasteiger partial charge in [0.05, 0.1) is 29.5 Å². The lowest BCUT2D eigenvalue weighted by molar-refractivity contribution is 0.406. The first-order chi connectivity index (χ1) is 9.43. The van der Waals surface area contributed by atoms with Crippen molar-refractivity contribution in [3.8, 4) is 5.75 Å². The Hall–Kier alpha value is -1.82. The number of aromatic nitrogens is 2. The molecule has 0 fully saturated rings. The van der Waals surface area contributed by atoms with E-state index in [9.17, 15) is 4.79 Å². The molecule has 0 aliphatic rings. The molecule has 0 bridgehead atoms. The summed E-state index contributed by atoms with van der Waals surface area (Å²) >= 11 is 3.21. The summed E-state index contributed by atoms with van der Waals surface area (Å²) in [5, 5.41) is 0. The maximum Gasteiger partial charge on any atom is 0.218 e. The second kappa shape index (κ2) is 5.66. The van der Waals surface area contributed by atoms with Gasteiger partial charge in [0.1, 0.15) is 5.75 Å². The van der Waals surface area contributed by atoms with E-state index in [2.05, 4.69) is 20.9 Å². The first kappa shape index (κ1) is 14.6. The van der Waals surface area contributed by atoms with Gasteiger partial charge in [-0.15, -0.1) is 0 Å². The minimum Gasteiger partial charge on any atom is -0.496 e. The Morgan fingerprint density at radius 3 is 2.70 bits per heavy atom. The van der Waals surface area contributed by atoms with Crippen LogP contribution in [0.2, 0.25) is 0 Å². The molecule has 2 aromatic rings. The first-order valence-electron chi connectivity index (χ1n) is 6.08. The predicted molar refractivity (Wildman–Crippen MR) is 82.2 cm³/mol. The van der Waals surface area contributed by atoms with Gasteiger partial charge in [-0.05, 0) is 29.8 Å². The van der Waals surface area contributed by atoms with Crippen LogP contribution in [0.1, 0.15) is 16.8 Å². The summed E-state index contributed by atoms with van der Waals surface area (Å²) in [4.78, 5) is 16.0. The number of aryl methyl sites for hydroxylation is 1. The lowest BCUT2D eigenvalue weighted by atomic mass is 10.1. The maximum absolute atomic E-state index is 11.6. The maximum atomic E-state index is 11.6. The highest BCUT2D eigenvalue weighted by Gasteiger charge is 2.10. The minimum atomic E-state index is -0.201. The number of nitrogens with two attached hydrogens (primary N) is 1. The van der Waals surface area contributed by atoms with Crippen LogP contribution in [0.5, 0.6) is 5.75 Å². The van der Waals surface area contributed by atoms with E-state index in [0.717, 1.165) is 22.6 Å². The SMILES string of the molecule is COc1c(C)cnc(Cn2cc(N)c(=O)c(Br)c2)c1C. The smallest absolute Gasteiger partial charge is 0.218 e. The highest BCUT2D eigenvalue weighted by Crippen LogP contribution is 2.24. The molecule has 2 N–H and O–H groups in total. The molecule has 0 aliphatic carbocycles. The molecule has 6 heteroatoms. The standard InChI is InChI=1S/C14H16BrN3O2/c1-8-4-17-12(9(2)14(8)20-3)7-18-5-10(15)13(19)11(16)6-18/h4-6H,7,16H2,1-3H3. The Balaban J connectivity index is 2.43. The third kappa shape index (κ3) is 2.70. The molecular weight excluding hydrogens is 322 g/mol. The molecule has 0 radical (unpaired) electrons. The summed E-state index contributed by atoms with van der Waals surface area (Å²) in [5.74, 6) is 0.836. The minimum absolute atomic E-state index is 0.201. The third-order valence-electron chi connectivity index (χ3n) is 3.15. The lowest BCUT2D eigenvalue weighted by Crippen LogP contribution is -2.14. The molecular formula is C14H16BrN3O2. The second-order valence-electron chi connectivity index (χ2n) is 4.61. The second-order valence-corrected chi connectivity index (χ2v) is 5.46. The fourth-order valence-corrected chi connectivity index (χ4v) is 2.60. The van der Waals surface area contributed by atoms with Crippen molar-refractivity contribution in [1.29, 1.82) is 0 Å². The molecule has 106 valence electrons. The van der Waals surface area contributed by atoms with E-state index in [4.69, 9.17) is 10.5 Å². The Bertz CT molecular complexity index is 684. The van der Waals surface area contributed by atoms with Gasteiger partial charge in [0, 0.05) is 29.7 Å². The molecule has 0 saturated heterocycles. The van der Waals surface area contributed by atoms with Gasteiger partial charge >= 0.3 is 0 Å². The van der Waals surface area contributed by atoms with E-state index in [1.54, 1.807) is 25.7 Å². The number of ether oxygens (including phenoxy) is 1. The molecule has 0 unspecified atom stereocenters. The number of methoxy groups -OCH3 is 1. The van der Waals surface area contributed by atoms with E-state index >= 15 is 0 Å². The molecule has 20 heavy (non-hydrogen) atoms. The van der Waals surface area contributed by atoms with Gasteiger partial charge < -0.3 is 15.0 Å². The Morgan fingerprint density at radius 2 is 2.10 bits per heavy atom. The largest absolute Gasteiger partial charge is 0.496 e. The normalized spacial score (nSPS) is 10.6. The van der Waals surface area contributed by atoms with Crippen LogP contribution in [0.25, 0.3) is 0 Å². The molecule has 0 aliphatic heterocycles. The van der Waals surface area contributed by atoms with Crippen molar-refractivity contribution in [2.75, 3.05) is 12.8 Å². The van der Waals surface area contributed by atoms with Gasteiger partial charge in [0.25, 0.3) is 0 Å². The number of rotatable bonds is 3. The number of pyridine rings is 2. The number of halogens is 1. The Kier molecular flexibility index (Phi) is 4.13. The van der Waals surface area contributed by atoms with Crippen molar-refractivity contribution in [3.63, 3.8) is 0 Å². The zero-order valence-electron chi connectivity index (χ0n) is 11.6. The molecule has 0 aromatic carbocycles. The number of anilines is 1. The van der Waals surface area contributed by atoms with Crippen LogP contribution in [0, 0.1) is 13.8 Å². The van der Waals surface area contributed by atoms with Crippen molar-refractivity contribution in [3.05, 3.63) is 50.1 Å². The van der Waals surface area contributed by atoms with Crippen LogP contribution in [0.15, 0.2) is 27.9 Å². The van der Waals surface area contributed by atoms with Gasteiger partial charge in [0.2, 0.25) is 5.43 Å². The number of hydrogen-bond donors (Lipinski definition) is 1. The van der Waals surface area contributed by atoms with E-state index < -0.39 is 0 Å². The number of nitrogen functional groups attached to an aromatic ring is 1. The number of nitrogens with zero attached hydrogens (tertiary/aromatic N) is 2. The quantitative estimate of drug-likeness (QED) is 0.932. The van der Waals surface area contributed by atoms with Crippen LogP contribution < -0.4 is 15.9 Å². The number of hydrogen-bond acceptors (Lipinski definition) is 4. The van der Waals surface area contributed by atoms with Crippen molar-refractivity contribution in [2.45, 2.75) is 20.4 Å². The van der Waals surface area contributed by atoms with Crippen LogP contribution in [-0.2, 0) is 6.54 Å². The zero-order chi connectivity index (χ0) is 14.9. The molecule has 0 atom stereocenters. The van der Waals surface area contributed by atoms with Crippen LogP contribution in [0.3, 0.4) is 0 Å². The zero-order valence-corrected chi connectivity index (χ0v) is 13.2. The van der Waals surface area contributed by atoms with Crippen molar-refractivity contribution < 1.29 is 4.74 Å². The third-order valence-corrected chi connectivity index (χ3v) is 3.71. The fraction of sp³-hybridized carbons (Fsp3) is 0.286. The average Bonchev–Trinajstić information content (AvgIpc) is 2.40. The summed E-state index contributed by atoms with van der Waals surface area (Å²) in [7, 11) is 1.65. The van der Waals surface area contributed by atoms with E-state index in [-0.39, 0.29) is 11.1 Å². The van der Waals surface area contributed by atoms with Crippen LogP contribution in [0.4, 0.5) is 5.69 Å². The van der Waals surface area contributed by atoms with E-state index in [1.165, 1.54) is 0 Å². The van der Waals surface area contributed by atoms with Gasteiger partial charge in [-0.2, -0.15) is 0 Å². The summed E-state index contributed by atoms with van der Waals surface area (Å²) in [6, 6.07) is 0. The van der Waals surface area contributed by atoms with Crippen molar-refractivity contribution >= 4 is 21.6 Å². The first-order valence-corrected chi connectivity index (χ1v) is 6.87. The Morgan fingerprint density at radius 1 is 1.40 bits per heavy atom. The van der Waals surface area contributed by atoms with E-state index in [1.807, 2.05) is 18.4 Å². The predicted octanol–water partition coefficient (Wildman–Crippen LogP) is 2.26. The van der Waals surface area contributed by atoms with Crippen LogP contribution >= 0.6 is 15.9 Å². The fourth-order valence-electron chi connectivity index (χ4n) is 2.11. The summed E-state index contributed by atoms with van der Waals surface area (Å²) in [6.07, 6.45) is 5.09. The highest BCUT2D eigenvalue weighted by molar-refractivity contribution is 9.10. The summed E-state index contributed by atoms with van der Waals surface area (Å²) < 4.78 is 7.65. The molecule has 2 rings (SSSR count). The molecule has 5 nitrogen and oxygen atoms in total. The Labute approximate surface area is 125 Å². The molecule has 0 spiro atoms. The van der Waals surface area contributed by atoms with Crippen molar-refractivity contribution in [1.82, 2.24) is 9.55 Å². The molecule has 2 heterocycles. The van der Waals surface area contributed by atoms with Crippen LogP contribution in [-0.4, -0.2) is 16.7 Å². The van der Waals surface area contributed by atoms with Crippen molar-refractivity contribution in [2.24, 2.45) is 0 Å². The van der Waals surface area contributed by atoms with Gasteiger partial charge in [0.15, 0.2) is 0 Å². The summed E-state index contributed by atoms with van der Waals surface area (Å²) in [6.45, 7) is 4.44. The molecule has 0 saturated carbocycles. The lowest BCUT2D eigenvalue weighted by Gasteiger charge is -2.14. The van der Waals surface area contributed by atoms with E-state index in [0.29, 0.717) is 11.0 Å².